The molecule has 4 nitrogen and oxygen atoms in total. The van der Waals surface area contributed by atoms with Crippen molar-refractivity contribution in [2.24, 2.45) is 0 Å². The van der Waals surface area contributed by atoms with Gasteiger partial charge >= 0.3 is 6.01 Å². The lowest BCUT2D eigenvalue weighted by Crippen LogP contribution is -1.98. The van der Waals surface area contributed by atoms with Crippen LogP contribution in [-0.4, -0.2) is 15.1 Å². The Hall–Kier alpha value is -1.17. The molecule has 0 atom stereocenters. The van der Waals surface area contributed by atoms with Gasteiger partial charge in [0.05, 0.1) is 16.8 Å². The van der Waals surface area contributed by atoms with Crippen LogP contribution in [0, 0.1) is 6.92 Å². The number of aromatic nitrogens is 2. The van der Waals surface area contributed by atoms with Gasteiger partial charge in [-0.05, 0) is 41.1 Å². The van der Waals surface area contributed by atoms with E-state index >= 15 is 0 Å². The Morgan fingerprint density at radius 1 is 1.44 bits per heavy atom. The Morgan fingerprint density at radius 3 is 2.83 bits per heavy atom. The zero-order chi connectivity index (χ0) is 13.1. The molecule has 0 amide bonds. The van der Waals surface area contributed by atoms with Crippen LogP contribution in [0.4, 0.5) is 0 Å². The van der Waals surface area contributed by atoms with Crippen LogP contribution in [0.1, 0.15) is 11.3 Å². The van der Waals surface area contributed by atoms with Crippen LogP contribution in [0.2, 0.25) is 5.02 Å². The van der Waals surface area contributed by atoms with Gasteiger partial charge in [-0.25, -0.2) is 4.98 Å². The van der Waals surface area contributed by atoms with Crippen LogP contribution in [0.5, 0.6) is 11.8 Å². The van der Waals surface area contributed by atoms with Crippen molar-refractivity contribution < 1.29 is 9.84 Å². The summed E-state index contributed by atoms with van der Waals surface area (Å²) in [6, 6.07) is 5.40. The molecule has 18 heavy (non-hydrogen) atoms. The third-order valence-corrected chi connectivity index (χ3v) is 3.18. The van der Waals surface area contributed by atoms with E-state index in [0.717, 1.165) is 4.47 Å². The highest BCUT2D eigenvalue weighted by Gasteiger charge is 2.07. The maximum Gasteiger partial charge on any atom is 0.322 e. The first-order chi connectivity index (χ1) is 8.60. The molecule has 0 spiro atoms. The average molecular weight is 330 g/mol. The Labute approximate surface area is 118 Å². The molecule has 94 valence electrons. The number of benzene rings is 1. The first kappa shape index (κ1) is 13.3. The molecular weight excluding hydrogens is 320 g/mol. The number of halogens is 2. The van der Waals surface area contributed by atoms with Gasteiger partial charge in [0.1, 0.15) is 5.75 Å². The molecule has 0 unspecified atom stereocenters. The van der Waals surface area contributed by atoms with Gasteiger partial charge in [0.15, 0.2) is 0 Å². The van der Waals surface area contributed by atoms with E-state index in [1.807, 2.05) is 0 Å². The minimum Gasteiger partial charge on any atom is -0.423 e. The number of nitrogens with zero attached hydrogens (tertiary/aromatic N) is 2. The van der Waals surface area contributed by atoms with Gasteiger partial charge in [-0.3, -0.25) is 0 Å². The van der Waals surface area contributed by atoms with E-state index in [1.54, 1.807) is 31.3 Å². The zero-order valence-corrected chi connectivity index (χ0v) is 11.9. The molecule has 0 saturated carbocycles. The molecule has 0 aliphatic carbocycles. The van der Waals surface area contributed by atoms with Gasteiger partial charge in [-0.2, -0.15) is 4.98 Å². The molecule has 2 aromatic rings. The molecule has 0 saturated heterocycles. The lowest BCUT2D eigenvalue weighted by atomic mass is 10.3. The maximum atomic E-state index is 9.03. The van der Waals surface area contributed by atoms with Crippen molar-refractivity contribution in [3.8, 4) is 11.8 Å². The highest BCUT2D eigenvalue weighted by Crippen LogP contribution is 2.30. The lowest BCUT2D eigenvalue weighted by molar-refractivity contribution is 0.279. The van der Waals surface area contributed by atoms with Crippen molar-refractivity contribution in [3.63, 3.8) is 0 Å². The predicted octanol–water partition coefficient (Wildman–Crippen LogP) is 3.49. The second-order valence-corrected chi connectivity index (χ2v) is 4.89. The summed E-state index contributed by atoms with van der Waals surface area (Å²) < 4.78 is 6.26. The molecule has 1 heterocycles. The third kappa shape index (κ3) is 2.98. The van der Waals surface area contributed by atoms with Crippen LogP contribution in [0.3, 0.4) is 0 Å². The zero-order valence-electron chi connectivity index (χ0n) is 9.52. The van der Waals surface area contributed by atoms with Crippen LogP contribution < -0.4 is 4.74 Å². The molecule has 6 heteroatoms. The van der Waals surface area contributed by atoms with Crippen molar-refractivity contribution in [3.05, 3.63) is 45.1 Å². The summed E-state index contributed by atoms with van der Waals surface area (Å²) >= 11 is 9.19. The van der Waals surface area contributed by atoms with Gasteiger partial charge in [-0.15, -0.1) is 0 Å². The smallest absolute Gasteiger partial charge is 0.322 e. The molecular formula is C12H10BrClN2O2. The normalized spacial score (nSPS) is 10.4. The second kappa shape index (κ2) is 5.65. The number of aliphatic hydroxyl groups excluding tert-OH is 1. The Kier molecular flexibility index (Phi) is 4.16. The van der Waals surface area contributed by atoms with Crippen LogP contribution in [-0.2, 0) is 6.61 Å². The molecule has 0 fully saturated rings. The highest BCUT2D eigenvalue weighted by atomic mass is 79.9. The van der Waals surface area contributed by atoms with Crippen molar-refractivity contribution in [2.75, 3.05) is 0 Å². The van der Waals surface area contributed by atoms with Crippen LogP contribution in [0.15, 0.2) is 28.9 Å². The number of aryl methyl sites for hydroxylation is 1. The second-order valence-electron chi connectivity index (χ2n) is 3.60. The van der Waals surface area contributed by atoms with E-state index in [1.165, 1.54) is 0 Å². The van der Waals surface area contributed by atoms with Gasteiger partial charge in [-0.1, -0.05) is 11.6 Å². The average Bonchev–Trinajstić information content (AvgIpc) is 2.33. The predicted molar refractivity (Wildman–Crippen MR) is 71.9 cm³/mol. The van der Waals surface area contributed by atoms with Crippen molar-refractivity contribution in [1.82, 2.24) is 9.97 Å². The van der Waals surface area contributed by atoms with Gasteiger partial charge in [0, 0.05) is 16.8 Å². The largest absolute Gasteiger partial charge is 0.423 e. The molecule has 2 rings (SSSR count). The molecule has 0 aliphatic rings. The van der Waals surface area contributed by atoms with Crippen molar-refractivity contribution >= 4 is 27.5 Å². The quantitative estimate of drug-likeness (QED) is 0.936. The van der Waals surface area contributed by atoms with E-state index < -0.39 is 0 Å². The molecule has 1 aromatic heterocycles. The fraction of sp³-hybridized carbons (Fsp3) is 0.167. The molecule has 1 aromatic carbocycles. The first-order valence-electron chi connectivity index (χ1n) is 5.16. The summed E-state index contributed by atoms with van der Waals surface area (Å²) in [6.45, 7) is 1.70. The van der Waals surface area contributed by atoms with Gasteiger partial charge < -0.3 is 9.84 Å². The van der Waals surface area contributed by atoms with Gasteiger partial charge in [0.2, 0.25) is 0 Å². The summed E-state index contributed by atoms with van der Waals surface area (Å²) in [7, 11) is 0. The molecule has 0 aliphatic heterocycles. The summed E-state index contributed by atoms with van der Waals surface area (Å²) in [5.74, 6) is 0.579. The molecule has 1 N–H and O–H groups in total. The Balaban J connectivity index is 2.26. The van der Waals surface area contributed by atoms with E-state index in [-0.39, 0.29) is 12.6 Å². The number of ether oxygens (including phenoxy) is 1. The van der Waals surface area contributed by atoms with Crippen molar-refractivity contribution in [1.29, 1.82) is 0 Å². The van der Waals surface area contributed by atoms with Crippen LogP contribution >= 0.6 is 27.5 Å². The summed E-state index contributed by atoms with van der Waals surface area (Å²) in [4.78, 5) is 8.18. The monoisotopic (exact) mass is 328 g/mol. The number of rotatable bonds is 3. The standard InChI is InChI=1S/C12H10BrClN2O2/c1-7-8(6-17)5-15-12(16-7)18-11-3-2-9(14)4-10(11)13/h2-5,17H,6H2,1H3. The summed E-state index contributed by atoms with van der Waals surface area (Å²) in [5, 5.41) is 9.64. The minimum absolute atomic E-state index is 0.0866. The van der Waals surface area contributed by atoms with Crippen molar-refractivity contribution in [2.45, 2.75) is 13.5 Å². The summed E-state index contributed by atoms with van der Waals surface area (Å²) in [5.41, 5.74) is 1.37. The van der Waals surface area contributed by atoms with Crippen LogP contribution in [0.25, 0.3) is 0 Å². The first-order valence-corrected chi connectivity index (χ1v) is 6.33. The minimum atomic E-state index is -0.0866. The number of hydrogen-bond acceptors (Lipinski definition) is 4. The van der Waals surface area contributed by atoms with E-state index in [2.05, 4.69) is 25.9 Å². The SMILES string of the molecule is Cc1nc(Oc2ccc(Cl)cc2Br)ncc1CO. The number of aliphatic hydroxyl groups is 1. The Bertz CT molecular complexity index is 578. The van der Waals surface area contributed by atoms with E-state index in [9.17, 15) is 0 Å². The fourth-order valence-electron chi connectivity index (χ4n) is 1.33. The summed E-state index contributed by atoms with van der Waals surface area (Å²) in [6.07, 6.45) is 1.54. The highest BCUT2D eigenvalue weighted by molar-refractivity contribution is 9.10. The lowest BCUT2D eigenvalue weighted by Gasteiger charge is -2.08. The topological polar surface area (TPSA) is 55.2 Å². The molecule has 0 bridgehead atoms. The van der Waals surface area contributed by atoms with Gasteiger partial charge in [0.25, 0.3) is 0 Å². The Morgan fingerprint density at radius 2 is 2.22 bits per heavy atom. The molecule has 0 radical (unpaired) electrons. The number of hydrogen-bond donors (Lipinski definition) is 1. The third-order valence-electron chi connectivity index (χ3n) is 2.32. The maximum absolute atomic E-state index is 9.03. The van der Waals surface area contributed by atoms with E-state index in [0.29, 0.717) is 22.0 Å². The van der Waals surface area contributed by atoms with E-state index in [4.69, 9.17) is 21.4 Å². The fourth-order valence-corrected chi connectivity index (χ4v) is 2.10.